The van der Waals surface area contributed by atoms with Crippen LogP contribution in [0.25, 0.3) is 0 Å². The Kier molecular flexibility index (Phi) is 28.0. The Labute approximate surface area is 225 Å². The first kappa shape index (κ1) is 35.1. The first-order valence-corrected chi connectivity index (χ1v) is 15.9. The van der Waals surface area contributed by atoms with Gasteiger partial charge in [0.25, 0.3) is 0 Å². The number of carbonyl (C=O) groups is 1. The quantitative estimate of drug-likeness (QED) is 0.0729. The van der Waals surface area contributed by atoms with Gasteiger partial charge in [-0.2, -0.15) is 0 Å². The topological polar surface area (TPSA) is 69.6 Å². The summed E-state index contributed by atoms with van der Waals surface area (Å²) in [6, 6.07) is -0.543. The van der Waals surface area contributed by atoms with Crippen molar-refractivity contribution < 1.29 is 15.0 Å². The highest BCUT2D eigenvalue weighted by atomic mass is 16.3. The molecule has 36 heavy (non-hydrogen) atoms. The van der Waals surface area contributed by atoms with E-state index < -0.39 is 12.1 Å². The average Bonchev–Trinajstić information content (AvgIpc) is 2.88. The van der Waals surface area contributed by atoms with Gasteiger partial charge in [-0.15, -0.1) is 0 Å². The van der Waals surface area contributed by atoms with Crippen LogP contribution in [0.2, 0.25) is 0 Å². The zero-order valence-corrected chi connectivity index (χ0v) is 24.3. The Morgan fingerprint density at radius 3 is 1.53 bits per heavy atom. The van der Waals surface area contributed by atoms with Gasteiger partial charge in [0.15, 0.2) is 0 Å². The molecule has 214 valence electrons. The minimum atomic E-state index is -0.673. The maximum Gasteiger partial charge on any atom is 0.220 e. The van der Waals surface area contributed by atoms with Crippen molar-refractivity contribution in [2.45, 2.75) is 180 Å². The molecule has 0 saturated carbocycles. The monoisotopic (exact) mass is 509 g/mol. The third-order valence-corrected chi connectivity index (χ3v) is 7.28. The fourth-order valence-corrected chi connectivity index (χ4v) is 4.76. The third-order valence-electron chi connectivity index (χ3n) is 7.28. The van der Waals surface area contributed by atoms with Crippen LogP contribution in [0.3, 0.4) is 0 Å². The highest BCUT2D eigenvalue weighted by Gasteiger charge is 2.19. The Morgan fingerprint density at radius 1 is 0.639 bits per heavy atom. The van der Waals surface area contributed by atoms with E-state index in [1.165, 1.54) is 109 Å². The fourth-order valence-electron chi connectivity index (χ4n) is 4.76. The lowest BCUT2D eigenvalue weighted by Gasteiger charge is -2.22. The number of rotatable bonds is 28. The van der Waals surface area contributed by atoms with E-state index in [-0.39, 0.29) is 12.5 Å². The largest absolute Gasteiger partial charge is 0.394 e. The number of aliphatic hydroxyl groups excluding tert-OH is 2. The molecule has 0 aromatic rings. The summed E-state index contributed by atoms with van der Waals surface area (Å²) in [5.41, 5.74) is 0. The summed E-state index contributed by atoms with van der Waals surface area (Å²) in [5.74, 6) is -0.0459. The molecule has 0 aromatic heterocycles. The number of unbranched alkanes of at least 4 members (excludes halogenated alkanes) is 19. The van der Waals surface area contributed by atoms with Gasteiger partial charge in [0.1, 0.15) is 0 Å². The molecular weight excluding hydrogens is 446 g/mol. The van der Waals surface area contributed by atoms with Crippen LogP contribution in [0.4, 0.5) is 0 Å². The van der Waals surface area contributed by atoms with Crippen molar-refractivity contribution in [2.75, 3.05) is 6.61 Å². The minimum Gasteiger partial charge on any atom is -0.394 e. The normalized spacial score (nSPS) is 13.3. The summed E-state index contributed by atoms with van der Waals surface area (Å²) >= 11 is 0. The smallest absolute Gasteiger partial charge is 0.220 e. The molecule has 3 N–H and O–H groups in total. The number of carbonyl (C=O) groups excluding carboxylic acids is 1. The Hall–Kier alpha value is -0.870. The van der Waals surface area contributed by atoms with Gasteiger partial charge in [0.05, 0.1) is 18.8 Å². The van der Waals surface area contributed by atoms with Gasteiger partial charge >= 0.3 is 0 Å². The number of amides is 1. The van der Waals surface area contributed by atoms with Gasteiger partial charge in [-0.3, -0.25) is 4.79 Å². The SMILES string of the molecule is CCCCCCCCCCC/C=C/CCCC[C@@H](O)[C@H](CO)NC(=O)CCCCCCCCCCC. The van der Waals surface area contributed by atoms with Gasteiger partial charge < -0.3 is 15.5 Å². The lowest BCUT2D eigenvalue weighted by atomic mass is 10.0. The van der Waals surface area contributed by atoms with Gasteiger partial charge in [0.2, 0.25) is 5.91 Å². The first-order chi connectivity index (χ1) is 17.7. The lowest BCUT2D eigenvalue weighted by Crippen LogP contribution is -2.45. The molecule has 0 radical (unpaired) electrons. The summed E-state index contributed by atoms with van der Waals surface area (Å²) < 4.78 is 0. The third kappa shape index (κ3) is 24.8. The van der Waals surface area contributed by atoms with E-state index in [0.717, 1.165) is 32.1 Å². The molecule has 0 rings (SSSR count). The molecule has 4 nitrogen and oxygen atoms in total. The molecule has 0 bridgehead atoms. The van der Waals surface area contributed by atoms with E-state index >= 15 is 0 Å². The molecule has 0 aliphatic rings. The summed E-state index contributed by atoms with van der Waals surface area (Å²) in [4.78, 5) is 12.2. The van der Waals surface area contributed by atoms with Gasteiger partial charge in [-0.25, -0.2) is 0 Å². The molecule has 0 saturated heterocycles. The Bertz CT molecular complexity index is 480. The highest BCUT2D eigenvalue weighted by Crippen LogP contribution is 2.13. The predicted molar refractivity (Wildman–Crippen MR) is 156 cm³/mol. The van der Waals surface area contributed by atoms with Crippen molar-refractivity contribution >= 4 is 5.91 Å². The number of hydrogen-bond acceptors (Lipinski definition) is 3. The summed E-state index contributed by atoms with van der Waals surface area (Å²) in [5, 5.41) is 22.9. The molecule has 0 unspecified atom stereocenters. The van der Waals surface area contributed by atoms with Gasteiger partial charge in [-0.1, -0.05) is 135 Å². The number of nitrogens with one attached hydrogen (secondary N) is 1. The van der Waals surface area contributed by atoms with Crippen molar-refractivity contribution in [3.63, 3.8) is 0 Å². The van der Waals surface area contributed by atoms with Crippen LogP contribution in [0, 0.1) is 0 Å². The number of hydrogen-bond donors (Lipinski definition) is 3. The zero-order valence-electron chi connectivity index (χ0n) is 24.3. The fraction of sp³-hybridized carbons (Fsp3) is 0.906. The van der Waals surface area contributed by atoms with Crippen LogP contribution >= 0.6 is 0 Å². The predicted octanol–water partition coefficient (Wildman–Crippen LogP) is 8.78. The molecule has 0 spiro atoms. The Morgan fingerprint density at radius 2 is 1.06 bits per heavy atom. The second-order valence-corrected chi connectivity index (χ2v) is 10.9. The Balaban J connectivity index is 3.63. The molecule has 0 fully saturated rings. The lowest BCUT2D eigenvalue weighted by molar-refractivity contribution is -0.123. The van der Waals surface area contributed by atoms with Crippen molar-refractivity contribution in [1.29, 1.82) is 0 Å². The zero-order chi connectivity index (χ0) is 26.5. The molecule has 0 aliphatic heterocycles. The van der Waals surface area contributed by atoms with Crippen molar-refractivity contribution in [3.05, 3.63) is 12.2 Å². The molecule has 0 aromatic carbocycles. The van der Waals surface area contributed by atoms with Gasteiger partial charge in [-0.05, 0) is 38.5 Å². The van der Waals surface area contributed by atoms with Crippen molar-refractivity contribution in [1.82, 2.24) is 5.32 Å². The molecular formula is C32H63NO3. The highest BCUT2D eigenvalue weighted by molar-refractivity contribution is 5.76. The molecule has 1 amide bonds. The van der Waals surface area contributed by atoms with E-state index in [2.05, 4.69) is 31.3 Å². The summed E-state index contributed by atoms with van der Waals surface area (Å²) in [6.07, 6.45) is 32.6. The van der Waals surface area contributed by atoms with E-state index in [1.807, 2.05) is 0 Å². The summed E-state index contributed by atoms with van der Waals surface area (Å²) in [7, 11) is 0. The van der Waals surface area contributed by atoms with Crippen molar-refractivity contribution in [2.24, 2.45) is 0 Å². The van der Waals surface area contributed by atoms with E-state index in [0.29, 0.717) is 12.8 Å². The minimum absolute atomic E-state index is 0.0459. The maximum atomic E-state index is 12.2. The molecule has 4 heteroatoms. The standard InChI is InChI=1S/C32H63NO3/c1-3-5-7-9-11-13-14-15-16-17-18-20-21-23-25-27-31(35)30(29-34)33-32(36)28-26-24-22-19-12-10-8-6-4-2/h18,20,30-31,34-35H,3-17,19,21-29H2,1-2H3,(H,33,36)/b20-18+/t30-,31+/m0/s1. The van der Waals surface area contributed by atoms with Crippen LogP contribution < -0.4 is 5.32 Å². The van der Waals surface area contributed by atoms with E-state index in [4.69, 9.17) is 0 Å². The summed E-state index contributed by atoms with van der Waals surface area (Å²) in [6.45, 7) is 4.30. The van der Waals surface area contributed by atoms with Crippen LogP contribution in [-0.2, 0) is 4.79 Å². The van der Waals surface area contributed by atoms with Crippen LogP contribution in [0.15, 0.2) is 12.2 Å². The van der Waals surface area contributed by atoms with Crippen molar-refractivity contribution in [3.8, 4) is 0 Å². The maximum absolute atomic E-state index is 12.2. The van der Waals surface area contributed by atoms with E-state index in [9.17, 15) is 15.0 Å². The second kappa shape index (κ2) is 28.7. The number of aliphatic hydroxyl groups is 2. The number of allylic oxidation sites excluding steroid dienone is 2. The molecule has 2 atom stereocenters. The van der Waals surface area contributed by atoms with Gasteiger partial charge in [0, 0.05) is 6.42 Å². The molecule has 0 heterocycles. The average molecular weight is 510 g/mol. The molecule has 0 aliphatic carbocycles. The second-order valence-electron chi connectivity index (χ2n) is 10.9. The first-order valence-electron chi connectivity index (χ1n) is 15.9. The van der Waals surface area contributed by atoms with Crippen LogP contribution in [0.5, 0.6) is 0 Å². The van der Waals surface area contributed by atoms with E-state index in [1.54, 1.807) is 0 Å². The van der Waals surface area contributed by atoms with Crippen LogP contribution in [0.1, 0.15) is 168 Å². The van der Waals surface area contributed by atoms with Crippen LogP contribution in [-0.4, -0.2) is 34.9 Å².